The first-order chi connectivity index (χ1) is 14.0. The largest absolute Gasteiger partial charge is 0.508 e. The number of aromatic hydroxyl groups is 2. The number of amides is 1. The summed E-state index contributed by atoms with van der Waals surface area (Å²) in [5.74, 6) is 0.172. The number of phenols is 2. The average molecular weight is 386 g/mol. The van der Waals surface area contributed by atoms with Crippen LogP contribution < -0.4 is 5.43 Å². The Kier molecular flexibility index (Phi) is 4.70. The number of phenolic OH excluding ortho intramolecular Hbond substituents is 2. The molecule has 0 aliphatic heterocycles. The van der Waals surface area contributed by atoms with Crippen molar-refractivity contribution in [3.05, 3.63) is 77.4 Å². The van der Waals surface area contributed by atoms with Crippen molar-refractivity contribution in [1.29, 1.82) is 0 Å². The molecular weight excluding hydrogens is 368 g/mol. The van der Waals surface area contributed by atoms with Crippen LogP contribution >= 0.6 is 0 Å². The van der Waals surface area contributed by atoms with Crippen molar-refractivity contribution in [3.8, 4) is 22.9 Å². The summed E-state index contributed by atoms with van der Waals surface area (Å²) in [5.41, 5.74) is 7.08. The molecule has 0 bridgehead atoms. The Balaban J connectivity index is 1.47. The highest BCUT2D eigenvalue weighted by molar-refractivity contribution is 5.95. The fourth-order valence-corrected chi connectivity index (χ4v) is 2.96. The predicted octanol–water partition coefficient (Wildman–Crippen LogP) is 3.71. The van der Waals surface area contributed by atoms with Crippen LogP contribution in [0.5, 0.6) is 11.5 Å². The summed E-state index contributed by atoms with van der Waals surface area (Å²) in [6, 6.07) is 17.1. The molecule has 4 N–H and O–H groups in total. The molecule has 0 saturated carbocycles. The quantitative estimate of drug-likeness (QED) is 0.316. The van der Waals surface area contributed by atoms with Crippen molar-refractivity contribution in [2.45, 2.75) is 6.92 Å². The number of para-hydroxylation sites is 1. The SMILES string of the molecule is Cc1cccc2[nH]c(-c3ccc(C(=O)N/N=C/c4ccc(O)cc4O)cc3)nc12. The third-order valence-electron chi connectivity index (χ3n) is 4.52. The van der Waals surface area contributed by atoms with Crippen LogP contribution in [0.4, 0.5) is 0 Å². The highest BCUT2D eigenvalue weighted by Gasteiger charge is 2.09. The van der Waals surface area contributed by atoms with Gasteiger partial charge in [0.25, 0.3) is 5.91 Å². The van der Waals surface area contributed by atoms with E-state index < -0.39 is 0 Å². The van der Waals surface area contributed by atoms with Gasteiger partial charge in [0.2, 0.25) is 0 Å². The van der Waals surface area contributed by atoms with E-state index in [4.69, 9.17) is 0 Å². The normalized spacial score (nSPS) is 11.2. The van der Waals surface area contributed by atoms with E-state index in [9.17, 15) is 15.0 Å². The molecule has 0 fully saturated rings. The van der Waals surface area contributed by atoms with Crippen molar-refractivity contribution in [1.82, 2.24) is 15.4 Å². The molecule has 29 heavy (non-hydrogen) atoms. The van der Waals surface area contributed by atoms with Crippen LogP contribution in [0.1, 0.15) is 21.5 Å². The van der Waals surface area contributed by atoms with Gasteiger partial charge in [0, 0.05) is 22.8 Å². The lowest BCUT2D eigenvalue weighted by molar-refractivity contribution is 0.0955. The standard InChI is InChI=1S/C22H18N4O3/c1-13-3-2-4-18-20(13)25-21(24-18)14-5-7-15(8-6-14)22(29)26-23-12-16-9-10-17(27)11-19(16)28/h2-12,27-28H,1H3,(H,24,25)(H,26,29)/b23-12+. The van der Waals surface area contributed by atoms with Gasteiger partial charge in [0.15, 0.2) is 0 Å². The molecule has 4 rings (SSSR count). The van der Waals surface area contributed by atoms with E-state index in [0.29, 0.717) is 11.1 Å². The topological polar surface area (TPSA) is 111 Å². The van der Waals surface area contributed by atoms with Crippen LogP contribution in [-0.4, -0.2) is 32.3 Å². The summed E-state index contributed by atoms with van der Waals surface area (Å²) in [6.07, 6.45) is 1.30. The van der Waals surface area contributed by atoms with Gasteiger partial charge in [-0.2, -0.15) is 5.10 Å². The molecule has 0 unspecified atom stereocenters. The minimum absolute atomic E-state index is 0.0524. The molecule has 0 saturated heterocycles. The van der Waals surface area contributed by atoms with Crippen LogP contribution in [0.2, 0.25) is 0 Å². The Morgan fingerprint density at radius 3 is 2.62 bits per heavy atom. The maximum Gasteiger partial charge on any atom is 0.271 e. The number of hydrazone groups is 1. The lowest BCUT2D eigenvalue weighted by Gasteiger charge is -2.02. The number of aromatic nitrogens is 2. The lowest BCUT2D eigenvalue weighted by Crippen LogP contribution is -2.17. The zero-order valence-electron chi connectivity index (χ0n) is 15.5. The Labute approximate surface area is 166 Å². The maximum absolute atomic E-state index is 12.3. The summed E-state index contributed by atoms with van der Waals surface area (Å²) in [5, 5.41) is 22.8. The van der Waals surface area contributed by atoms with Crippen molar-refractivity contribution in [2.24, 2.45) is 5.10 Å². The predicted molar refractivity (Wildman–Crippen MR) is 111 cm³/mol. The number of nitrogens with zero attached hydrogens (tertiary/aromatic N) is 2. The highest BCUT2D eigenvalue weighted by atomic mass is 16.3. The van der Waals surface area contributed by atoms with Gasteiger partial charge in [-0.1, -0.05) is 24.3 Å². The zero-order valence-corrected chi connectivity index (χ0v) is 15.5. The molecule has 1 aromatic heterocycles. The number of benzene rings is 3. The van der Waals surface area contributed by atoms with Gasteiger partial charge in [0.1, 0.15) is 17.3 Å². The molecule has 0 spiro atoms. The van der Waals surface area contributed by atoms with Crippen LogP contribution in [0, 0.1) is 6.92 Å². The Morgan fingerprint density at radius 2 is 1.90 bits per heavy atom. The van der Waals surface area contributed by atoms with Crippen molar-refractivity contribution in [2.75, 3.05) is 0 Å². The molecular formula is C22H18N4O3. The minimum atomic E-state index is -0.383. The third-order valence-corrected chi connectivity index (χ3v) is 4.52. The van der Waals surface area contributed by atoms with Crippen molar-refractivity contribution in [3.63, 3.8) is 0 Å². The van der Waals surface area contributed by atoms with Crippen molar-refractivity contribution < 1.29 is 15.0 Å². The minimum Gasteiger partial charge on any atom is -0.508 e. The second kappa shape index (κ2) is 7.47. The molecule has 0 aliphatic rings. The highest BCUT2D eigenvalue weighted by Crippen LogP contribution is 2.23. The summed E-state index contributed by atoms with van der Waals surface area (Å²) < 4.78 is 0. The molecule has 7 nitrogen and oxygen atoms in total. The van der Waals surface area contributed by atoms with Gasteiger partial charge in [-0.15, -0.1) is 0 Å². The summed E-state index contributed by atoms with van der Waals surface area (Å²) in [7, 11) is 0. The molecule has 0 aliphatic carbocycles. The van der Waals surface area contributed by atoms with E-state index >= 15 is 0 Å². The number of H-pyrrole nitrogens is 1. The first-order valence-electron chi connectivity index (χ1n) is 8.92. The van der Waals surface area contributed by atoms with Gasteiger partial charge in [0.05, 0.1) is 17.2 Å². The number of fused-ring (bicyclic) bond motifs is 1. The van der Waals surface area contributed by atoms with Crippen molar-refractivity contribution >= 4 is 23.2 Å². The van der Waals surface area contributed by atoms with E-state index in [-0.39, 0.29) is 17.4 Å². The number of imidazole rings is 1. The van der Waals surface area contributed by atoms with E-state index in [1.54, 1.807) is 12.1 Å². The van der Waals surface area contributed by atoms with Gasteiger partial charge >= 0.3 is 0 Å². The van der Waals surface area contributed by atoms with Gasteiger partial charge in [-0.3, -0.25) is 4.79 Å². The first kappa shape index (κ1) is 18.2. The lowest BCUT2D eigenvalue weighted by atomic mass is 10.1. The number of aromatic amines is 1. The number of aryl methyl sites for hydroxylation is 1. The van der Waals surface area contributed by atoms with Gasteiger partial charge < -0.3 is 15.2 Å². The summed E-state index contributed by atoms with van der Waals surface area (Å²) >= 11 is 0. The van der Waals surface area contributed by atoms with E-state index in [0.717, 1.165) is 28.0 Å². The third kappa shape index (κ3) is 3.79. The summed E-state index contributed by atoms with van der Waals surface area (Å²) in [6.45, 7) is 2.01. The Hall–Kier alpha value is -4.13. The van der Waals surface area contributed by atoms with Crippen LogP contribution in [0.25, 0.3) is 22.4 Å². The van der Waals surface area contributed by atoms with Gasteiger partial charge in [-0.25, -0.2) is 10.4 Å². The molecule has 7 heteroatoms. The maximum atomic E-state index is 12.3. The average Bonchev–Trinajstić information content (AvgIpc) is 3.15. The second-order valence-electron chi connectivity index (χ2n) is 6.58. The molecule has 0 radical (unpaired) electrons. The fraction of sp³-hybridized carbons (Fsp3) is 0.0455. The fourth-order valence-electron chi connectivity index (χ4n) is 2.96. The number of carbonyl (C=O) groups excluding carboxylic acids is 1. The smallest absolute Gasteiger partial charge is 0.271 e. The molecule has 4 aromatic rings. The van der Waals surface area contributed by atoms with Crippen LogP contribution in [0.15, 0.2) is 65.8 Å². The molecule has 1 amide bonds. The number of carbonyl (C=O) groups is 1. The number of rotatable bonds is 4. The first-order valence-corrected chi connectivity index (χ1v) is 8.92. The molecule has 3 aromatic carbocycles. The number of hydrogen-bond donors (Lipinski definition) is 4. The monoisotopic (exact) mass is 386 g/mol. The van der Waals surface area contributed by atoms with E-state index in [1.165, 1.54) is 24.4 Å². The van der Waals surface area contributed by atoms with E-state index in [1.807, 2.05) is 37.3 Å². The Morgan fingerprint density at radius 1 is 1.10 bits per heavy atom. The molecule has 1 heterocycles. The summed E-state index contributed by atoms with van der Waals surface area (Å²) in [4.78, 5) is 20.2. The zero-order chi connectivity index (χ0) is 20.4. The van der Waals surface area contributed by atoms with Gasteiger partial charge in [-0.05, 0) is 42.8 Å². The molecule has 144 valence electrons. The Bertz CT molecular complexity index is 1230. The van der Waals surface area contributed by atoms with Crippen LogP contribution in [-0.2, 0) is 0 Å². The second-order valence-corrected chi connectivity index (χ2v) is 6.58. The molecule has 0 atom stereocenters. The van der Waals surface area contributed by atoms with E-state index in [2.05, 4.69) is 20.5 Å². The number of hydrogen-bond acceptors (Lipinski definition) is 5. The van der Waals surface area contributed by atoms with Crippen LogP contribution in [0.3, 0.4) is 0 Å². The number of nitrogens with one attached hydrogen (secondary N) is 2.